The van der Waals surface area contributed by atoms with E-state index in [4.69, 9.17) is 18.9 Å². The van der Waals surface area contributed by atoms with Gasteiger partial charge in [0.15, 0.2) is 0 Å². The van der Waals surface area contributed by atoms with Gasteiger partial charge in [-0.15, -0.1) is 0 Å². The third-order valence-electron chi connectivity index (χ3n) is 16.7. The van der Waals surface area contributed by atoms with E-state index in [1.807, 2.05) is 173 Å². The van der Waals surface area contributed by atoms with E-state index in [1.54, 1.807) is 0 Å². The summed E-state index contributed by atoms with van der Waals surface area (Å²) in [5, 5.41) is 25.0. The summed E-state index contributed by atoms with van der Waals surface area (Å²) in [6.07, 6.45) is 11.7. The molecule has 8 amide bonds. The maximum Gasteiger partial charge on any atom is 0.323 e. The number of aryl methyl sites for hydroxylation is 4. The van der Waals surface area contributed by atoms with E-state index >= 15 is 0 Å². The molecule has 0 atom stereocenters. The lowest BCUT2D eigenvalue weighted by Crippen LogP contribution is -2.21. The lowest BCUT2D eigenvalue weighted by molar-refractivity contribution is 0.261. The predicted octanol–water partition coefficient (Wildman–Crippen LogP) is 20.4. The standard InChI is InChI=1S/C80H96N8O8/c1-9-13-17-37-93-73-57-41-59-47-70(86-78(90)82-66-31-23-54(6)24-32-66)49-61(74(59)94-38-18-14-10-2)43-63-51-72(88-80(92)84-68-35-27-56(8)28-36-68)52-64(76(63)96-40-20-16-12-4)44-62-50-71(87-79(91)83-67-33-25-55(7)26-34-67)48-60(75(62)95-39-19-15-11-3)42-58(73)46-69(45-57)85-77(89)81-65-29-21-53(5)22-30-65/h21-36,45-52H,9-20,37-44H2,1-8H3,(H2,81,85,89)(H2,82,86,90)(H2,83,87,91)(H2,84,88,92). The van der Waals surface area contributed by atoms with Crippen LogP contribution in [0.15, 0.2) is 146 Å². The number of amides is 8. The molecular weight excluding hydrogens is 1200 g/mol. The van der Waals surface area contributed by atoms with Gasteiger partial charge in [0.25, 0.3) is 0 Å². The van der Waals surface area contributed by atoms with Crippen molar-refractivity contribution in [3.8, 4) is 23.0 Å². The van der Waals surface area contributed by atoms with Crippen LogP contribution in [-0.2, 0) is 25.7 Å². The van der Waals surface area contributed by atoms with Crippen molar-refractivity contribution in [2.24, 2.45) is 0 Å². The van der Waals surface area contributed by atoms with E-state index < -0.39 is 24.1 Å². The summed E-state index contributed by atoms with van der Waals surface area (Å²) in [5.41, 5.74) is 14.8. The smallest absolute Gasteiger partial charge is 0.323 e. The predicted molar refractivity (Wildman–Crippen MR) is 392 cm³/mol. The van der Waals surface area contributed by atoms with Crippen LogP contribution in [0.1, 0.15) is 172 Å². The zero-order valence-electron chi connectivity index (χ0n) is 57.3. The van der Waals surface area contributed by atoms with Crippen molar-refractivity contribution in [2.75, 3.05) is 69.0 Å². The zero-order chi connectivity index (χ0) is 67.8. The van der Waals surface area contributed by atoms with Gasteiger partial charge < -0.3 is 61.5 Å². The third-order valence-corrected chi connectivity index (χ3v) is 16.7. The normalized spacial score (nSPS) is 11.6. The zero-order valence-corrected chi connectivity index (χ0v) is 57.3. The Morgan fingerprint density at radius 2 is 0.427 bits per heavy atom. The van der Waals surface area contributed by atoms with E-state index in [9.17, 15) is 19.2 Å². The molecule has 8 N–H and O–H groups in total. The fourth-order valence-electron chi connectivity index (χ4n) is 11.7. The van der Waals surface area contributed by atoms with E-state index in [-0.39, 0.29) is 25.7 Å². The Morgan fingerprint density at radius 3 is 0.594 bits per heavy atom. The maximum atomic E-state index is 14.3. The Bertz CT molecular complexity index is 3310. The first kappa shape index (κ1) is 70.4. The fourth-order valence-corrected chi connectivity index (χ4v) is 11.7. The first-order valence-electron chi connectivity index (χ1n) is 34.3. The van der Waals surface area contributed by atoms with Crippen LogP contribution in [0, 0.1) is 27.7 Å². The van der Waals surface area contributed by atoms with Gasteiger partial charge in [-0.2, -0.15) is 0 Å². The summed E-state index contributed by atoms with van der Waals surface area (Å²) in [6, 6.07) is 44.5. The summed E-state index contributed by atoms with van der Waals surface area (Å²) in [4.78, 5) is 57.4. The van der Waals surface area contributed by atoms with Crippen molar-refractivity contribution in [2.45, 2.75) is 158 Å². The molecule has 0 radical (unpaired) electrons. The Kier molecular flexibility index (Phi) is 26.0. The van der Waals surface area contributed by atoms with Gasteiger partial charge in [0.1, 0.15) is 23.0 Å². The molecule has 9 rings (SSSR count). The van der Waals surface area contributed by atoms with Gasteiger partial charge in [-0.1, -0.05) is 150 Å². The van der Waals surface area contributed by atoms with Crippen LogP contribution >= 0.6 is 0 Å². The maximum absolute atomic E-state index is 14.3. The number of ether oxygens (including phenoxy) is 4. The fraction of sp³-hybridized carbons (Fsp3) is 0.350. The molecule has 0 aliphatic heterocycles. The quantitative estimate of drug-likeness (QED) is 0.0221. The lowest BCUT2D eigenvalue weighted by atomic mass is 9.90. The highest BCUT2D eigenvalue weighted by Crippen LogP contribution is 2.43. The summed E-state index contributed by atoms with van der Waals surface area (Å²) in [7, 11) is 0. The highest BCUT2D eigenvalue weighted by molar-refractivity contribution is 6.02. The molecule has 16 heteroatoms. The molecule has 1 aliphatic rings. The number of unbranched alkanes of at least 4 members (excludes halogenated alkanes) is 8. The summed E-state index contributed by atoms with van der Waals surface area (Å²) in [6.45, 7) is 18.3. The van der Waals surface area contributed by atoms with Gasteiger partial charge in [0, 0.05) is 116 Å². The van der Waals surface area contributed by atoms with Gasteiger partial charge in [0.05, 0.1) is 26.4 Å². The van der Waals surface area contributed by atoms with Crippen LogP contribution in [-0.4, -0.2) is 50.6 Å². The highest BCUT2D eigenvalue weighted by Gasteiger charge is 2.27. The van der Waals surface area contributed by atoms with E-state index in [0.717, 1.165) is 144 Å². The Labute approximate surface area is 567 Å². The molecule has 0 saturated heterocycles. The number of carbonyl (C=O) groups is 4. The average Bonchev–Trinajstić information content (AvgIpc) is 0.825. The van der Waals surface area contributed by atoms with Crippen molar-refractivity contribution in [3.05, 3.63) is 212 Å². The Morgan fingerprint density at radius 1 is 0.260 bits per heavy atom. The number of rotatable bonds is 28. The molecule has 8 aromatic rings. The number of carbonyl (C=O) groups excluding carboxylic acids is 4. The minimum Gasteiger partial charge on any atom is -0.493 e. The second-order valence-electron chi connectivity index (χ2n) is 25.2. The van der Waals surface area contributed by atoms with Crippen LogP contribution in [0.4, 0.5) is 64.7 Å². The number of hydrogen-bond donors (Lipinski definition) is 8. The van der Waals surface area contributed by atoms with E-state index in [1.165, 1.54) is 0 Å². The number of nitrogens with one attached hydrogen (secondary N) is 8. The van der Waals surface area contributed by atoms with Gasteiger partial charge in [-0.25, -0.2) is 19.2 Å². The molecule has 16 nitrogen and oxygen atoms in total. The van der Waals surface area contributed by atoms with Crippen molar-refractivity contribution in [1.29, 1.82) is 0 Å². The van der Waals surface area contributed by atoms with E-state index in [2.05, 4.69) is 70.2 Å². The summed E-state index contributed by atoms with van der Waals surface area (Å²) >= 11 is 0. The third kappa shape index (κ3) is 21.0. The van der Waals surface area contributed by atoms with Gasteiger partial charge in [-0.05, 0) is 150 Å². The van der Waals surface area contributed by atoms with Crippen LogP contribution < -0.4 is 61.5 Å². The Balaban J connectivity index is 1.32. The second-order valence-corrected chi connectivity index (χ2v) is 25.2. The molecule has 8 bridgehead atoms. The number of urea groups is 4. The van der Waals surface area contributed by atoms with Crippen molar-refractivity contribution >= 4 is 69.6 Å². The SMILES string of the molecule is CCCCCOc1c2cc(NC(=O)Nc3ccc(C)cc3)cc1Cc1cc(NC(=O)Nc3ccc(C)cc3)cc(c1OCCCCC)Cc1cc(NC(=O)Nc3ccc(C)cc3)cc(c1OCCCCC)Cc1cc(NC(=O)Nc3ccc(C)cc3)cc(c1OCCCCC)C2. The van der Waals surface area contributed by atoms with Crippen LogP contribution in [0.3, 0.4) is 0 Å². The molecule has 1 aliphatic carbocycles. The first-order valence-corrected chi connectivity index (χ1v) is 34.3. The topological polar surface area (TPSA) is 201 Å². The molecule has 96 heavy (non-hydrogen) atoms. The van der Waals surface area contributed by atoms with Crippen molar-refractivity contribution < 1.29 is 38.1 Å². The van der Waals surface area contributed by atoms with Crippen LogP contribution in [0.25, 0.3) is 0 Å². The summed E-state index contributed by atoms with van der Waals surface area (Å²) < 4.78 is 28.6. The number of benzene rings is 8. The molecule has 0 aromatic heterocycles. The molecule has 0 heterocycles. The number of anilines is 8. The molecule has 0 spiro atoms. The minimum atomic E-state index is -0.439. The Hall–Kier alpha value is -9.96. The van der Waals surface area contributed by atoms with Crippen molar-refractivity contribution in [1.82, 2.24) is 0 Å². The van der Waals surface area contributed by atoms with Gasteiger partial charge in [0.2, 0.25) is 0 Å². The highest BCUT2D eigenvalue weighted by atomic mass is 16.5. The number of hydrogen-bond acceptors (Lipinski definition) is 8. The molecule has 0 saturated carbocycles. The molecular formula is C80H96N8O8. The molecule has 504 valence electrons. The van der Waals surface area contributed by atoms with Crippen molar-refractivity contribution in [3.63, 3.8) is 0 Å². The van der Waals surface area contributed by atoms with Crippen LogP contribution in [0.5, 0.6) is 23.0 Å². The molecule has 0 unspecified atom stereocenters. The van der Waals surface area contributed by atoms with Crippen LogP contribution in [0.2, 0.25) is 0 Å². The lowest BCUT2D eigenvalue weighted by Gasteiger charge is -2.25. The molecule has 0 fully saturated rings. The average molecular weight is 1300 g/mol. The largest absolute Gasteiger partial charge is 0.493 e. The minimum absolute atomic E-state index is 0.217. The number of fused-ring (bicyclic) bond motifs is 8. The molecule has 8 aromatic carbocycles. The second kappa shape index (κ2) is 35.5. The first-order chi connectivity index (χ1) is 46.6. The van der Waals surface area contributed by atoms with Gasteiger partial charge >= 0.3 is 24.1 Å². The summed E-state index contributed by atoms with van der Waals surface area (Å²) in [5.74, 6) is 2.49. The monoisotopic (exact) mass is 1300 g/mol. The van der Waals surface area contributed by atoms with Gasteiger partial charge in [-0.3, -0.25) is 0 Å². The van der Waals surface area contributed by atoms with E-state index in [0.29, 0.717) is 94.9 Å².